The highest BCUT2D eigenvalue weighted by Gasteiger charge is 2.60. The van der Waals surface area contributed by atoms with Gasteiger partial charge in [0, 0.05) is 23.4 Å². The smallest absolute Gasteiger partial charge is 0.250 e. The molecule has 0 radical (unpaired) electrons. The molecule has 3 N–H and O–H groups in total. The summed E-state index contributed by atoms with van der Waals surface area (Å²) in [6.45, 7) is 4.00. The zero-order chi connectivity index (χ0) is 23.8. The number of carbonyl (C=O) groups excluding carboxylic acids is 2. The summed E-state index contributed by atoms with van der Waals surface area (Å²) in [6.07, 6.45) is 3.51. The van der Waals surface area contributed by atoms with Crippen LogP contribution in [0.5, 0.6) is 11.5 Å². The van der Waals surface area contributed by atoms with E-state index in [0.29, 0.717) is 23.6 Å². The molecule has 1 fully saturated rings. The van der Waals surface area contributed by atoms with Crippen molar-refractivity contribution in [3.05, 3.63) is 47.0 Å². The summed E-state index contributed by atoms with van der Waals surface area (Å²) in [5, 5.41) is 9.67. The number of amides is 2. The Kier molecular flexibility index (Phi) is 6.59. The number of methoxy groups -OCH3 is 2. The molecule has 0 bridgehead atoms. The second kappa shape index (κ2) is 9.27. The molecule has 1 saturated heterocycles. The van der Waals surface area contributed by atoms with Gasteiger partial charge in [-0.1, -0.05) is 17.7 Å². The van der Waals surface area contributed by atoms with Gasteiger partial charge in [-0.15, -0.1) is 0 Å². The molecule has 8 heteroatoms. The molecule has 3 unspecified atom stereocenters. The molecule has 0 aromatic heterocycles. The highest BCUT2D eigenvalue weighted by molar-refractivity contribution is 7.98. The number of nitrogens with one attached hydrogen (secondary N) is 3. The molecule has 0 aliphatic carbocycles. The topological polar surface area (TPSA) is 88.7 Å². The number of rotatable bonds is 7. The molecule has 2 aliphatic heterocycles. The minimum absolute atomic E-state index is 0.0536. The van der Waals surface area contributed by atoms with E-state index in [-0.39, 0.29) is 17.9 Å². The van der Waals surface area contributed by atoms with Crippen molar-refractivity contribution < 1.29 is 19.1 Å². The summed E-state index contributed by atoms with van der Waals surface area (Å²) in [6, 6.07) is 9.39. The molecule has 2 aromatic rings. The van der Waals surface area contributed by atoms with Crippen LogP contribution in [-0.4, -0.2) is 44.1 Å². The van der Waals surface area contributed by atoms with Gasteiger partial charge in [-0.05, 0) is 56.4 Å². The van der Waals surface area contributed by atoms with Gasteiger partial charge >= 0.3 is 0 Å². The van der Waals surface area contributed by atoms with Crippen molar-refractivity contribution in [1.82, 2.24) is 5.32 Å². The van der Waals surface area contributed by atoms with Crippen molar-refractivity contribution in [2.75, 3.05) is 36.9 Å². The molecule has 33 heavy (non-hydrogen) atoms. The van der Waals surface area contributed by atoms with Crippen molar-refractivity contribution >= 4 is 35.0 Å². The average Bonchev–Trinajstić information content (AvgIpc) is 3.32. The van der Waals surface area contributed by atoms with Gasteiger partial charge in [0.25, 0.3) is 0 Å². The van der Waals surface area contributed by atoms with Crippen molar-refractivity contribution in [3.8, 4) is 11.5 Å². The van der Waals surface area contributed by atoms with E-state index in [1.165, 1.54) is 0 Å². The fraction of sp³-hybridized carbons (Fsp3) is 0.440. The van der Waals surface area contributed by atoms with Gasteiger partial charge < -0.3 is 20.1 Å². The number of ether oxygens (including phenoxy) is 2. The maximum Gasteiger partial charge on any atom is 0.250 e. The Labute approximate surface area is 199 Å². The van der Waals surface area contributed by atoms with E-state index in [1.54, 1.807) is 44.2 Å². The summed E-state index contributed by atoms with van der Waals surface area (Å²) in [5.74, 6) is 1.12. The summed E-state index contributed by atoms with van der Waals surface area (Å²) >= 11 is 1.76. The first-order valence-corrected chi connectivity index (χ1v) is 12.5. The maximum absolute atomic E-state index is 13.8. The van der Waals surface area contributed by atoms with Gasteiger partial charge in [-0.2, -0.15) is 11.8 Å². The quantitative estimate of drug-likeness (QED) is 0.571. The molecule has 1 spiro atoms. The zero-order valence-electron chi connectivity index (χ0n) is 19.7. The van der Waals surface area contributed by atoms with Crippen LogP contribution < -0.4 is 25.4 Å². The van der Waals surface area contributed by atoms with Crippen molar-refractivity contribution in [1.29, 1.82) is 0 Å². The van der Waals surface area contributed by atoms with E-state index in [0.717, 1.165) is 34.6 Å². The molecule has 4 rings (SSSR count). The Morgan fingerprint density at radius 1 is 1.21 bits per heavy atom. The Bertz CT molecular complexity index is 1090. The van der Waals surface area contributed by atoms with E-state index in [2.05, 4.69) is 28.3 Å². The number of hydrogen-bond donors (Lipinski definition) is 3. The van der Waals surface area contributed by atoms with Crippen LogP contribution in [0, 0.1) is 19.8 Å². The molecule has 2 heterocycles. The third-order valence-corrected chi connectivity index (χ3v) is 7.27. The highest BCUT2D eigenvalue weighted by atomic mass is 32.2. The number of aryl methyl sites for hydroxylation is 2. The van der Waals surface area contributed by atoms with Gasteiger partial charge in [0.2, 0.25) is 11.8 Å². The Morgan fingerprint density at radius 2 is 2.00 bits per heavy atom. The summed E-state index contributed by atoms with van der Waals surface area (Å²) < 4.78 is 10.8. The Hall–Kier alpha value is -2.71. The monoisotopic (exact) mass is 469 g/mol. The summed E-state index contributed by atoms with van der Waals surface area (Å²) in [5.41, 5.74) is 3.13. The Balaban J connectivity index is 1.75. The second-order valence-corrected chi connectivity index (χ2v) is 9.72. The number of carbonyl (C=O) groups is 2. The SMILES string of the molecule is COc1ccc(OC)c(NC(=O)C2CC(CCSC)NC23C(=O)Nc2c(C)cc(C)cc23)c1. The first kappa shape index (κ1) is 23.4. The van der Waals surface area contributed by atoms with Crippen molar-refractivity contribution in [2.45, 2.75) is 38.3 Å². The van der Waals surface area contributed by atoms with E-state index in [9.17, 15) is 9.59 Å². The van der Waals surface area contributed by atoms with Crippen LogP contribution in [0.4, 0.5) is 11.4 Å². The lowest BCUT2D eigenvalue weighted by atomic mass is 9.78. The average molecular weight is 470 g/mol. The van der Waals surface area contributed by atoms with Crippen LogP contribution in [-0.2, 0) is 15.1 Å². The molecule has 0 saturated carbocycles. The molecule has 176 valence electrons. The van der Waals surface area contributed by atoms with E-state index in [4.69, 9.17) is 9.47 Å². The summed E-state index contributed by atoms with van der Waals surface area (Å²) in [4.78, 5) is 27.3. The predicted octanol–water partition coefficient (Wildman–Crippen LogP) is 3.84. The lowest BCUT2D eigenvalue weighted by molar-refractivity contribution is -0.130. The van der Waals surface area contributed by atoms with Gasteiger partial charge in [0.15, 0.2) is 0 Å². The first-order valence-electron chi connectivity index (χ1n) is 11.1. The van der Waals surface area contributed by atoms with Gasteiger partial charge in [0.05, 0.1) is 25.8 Å². The van der Waals surface area contributed by atoms with Crippen LogP contribution >= 0.6 is 11.8 Å². The minimum Gasteiger partial charge on any atom is -0.497 e. The number of thioether (sulfide) groups is 1. The lowest BCUT2D eigenvalue weighted by Crippen LogP contribution is -2.52. The van der Waals surface area contributed by atoms with E-state index >= 15 is 0 Å². The number of hydrogen-bond acceptors (Lipinski definition) is 6. The molecule has 2 aliphatic rings. The van der Waals surface area contributed by atoms with Gasteiger partial charge in [-0.3, -0.25) is 14.9 Å². The van der Waals surface area contributed by atoms with Crippen LogP contribution in [0.25, 0.3) is 0 Å². The molecule has 2 amide bonds. The summed E-state index contributed by atoms with van der Waals surface area (Å²) in [7, 11) is 3.13. The van der Waals surface area contributed by atoms with Gasteiger partial charge in [0.1, 0.15) is 17.0 Å². The van der Waals surface area contributed by atoms with Crippen LogP contribution in [0.15, 0.2) is 30.3 Å². The zero-order valence-corrected chi connectivity index (χ0v) is 20.5. The fourth-order valence-corrected chi connectivity index (χ4v) is 5.62. The third kappa shape index (κ3) is 4.06. The minimum atomic E-state index is -1.11. The van der Waals surface area contributed by atoms with Crippen LogP contribution in [0.3, 0.4) is 0 Å². The number of anilines is 2. The molecule has 2 aromatic carbocycles. The van der Waals surface area contributed by atoms with Gasteiger partial charge in [-0.25, -0.2) is 0 Å². The highest BCUT2D eigenvalue weighted by Crippen LogP contribution is 2.49. The lowest BCUT2D eigenvalue weighted by Gasteiger charge is -2.30. The molecular formula is C25H31N3O4S. The number of benzene rings is 2. The standard InChI is InChI=1S/C25H31N3O4S/c1-14-10-15(2)22-18(11-14)25(24(30)27-22)19(12-16(28-25)8-9-33-5)23(29)26-20-13-17(31-3)6-7-21(20)32-4/h6-7,10-11,13,16,19,28H,8-9,12H2,1-5H3,(H,26,29)(H,27,30). The normalized spacial score (nSPS) is 23.4. The molecule has 7 nitrogen and oxygen atoms in total. The van der Waals surface area contributed by atoms with Crippen molar-refractivity contribution in [3.63, 3.8) is 0 Å². The van der Waals surface area contributed by atoms with E-state index in [1.807, 2.05) is 19.9 Å². The largest absolute Gasteiger partial charge is 0.497 e. The molecular weight excluding hydrogens is 438 g/mol. The number of fused-ring (bicyclic) bond motifs is 2. The van der Waals surface area contributed by atoms with Crippen LogP contribution in [0.2, 0.25) is 0 Å². The third-order valence-electron chi connectivity index (χ3n) is 6.63. The Morgan fingerprint density at radius 3 is 2.70 bits per heavy atom. The fourth-order valence-electron chi connectivity index (χ4n) is 5.10. The van der Waals surface area contributed by atoms with Crippen LogP contribution in [0.1, 0.15) is 29.5 Å². The van der Waals surface area contributed by atoms with E-state index < -0.39 is 11.5 Å². The first-order chi connectivity index (χ1) is 15.8. The molecule has 3 atom stereocenters. The second-order valence-electron chi connectivity index (χ2n) is 8.73. The maximum atomic E-state index is 13.8. The predicted molar refractivity (Wildman–Crippen MR) is 132 cm³/mol. The van der Waals surface area contributed by atoms with Crippen molar-refractivity contribution in [2.24, 2.45) is 5.92 Å².